The molecule has 0 fully saturated rings. The Labute approximate surface area is 111 Å². The van der Waals surface area contributed by atoms with Gasteiger partial charge < -0.3 is 14.4 Å². The van der Waals surface area contributed by atoms with Crippen molar-refractivity contribution in [1.29, 1.82) is 0 Å². The molecule has 1 radical (unpaired) electrons. The van der Waals surface area contributed by atoms with Crippen LogP contribution in [0.4, 0.5) is 0 Å². The van der Waals surface area contributed by atoms with Gasteiger partial charge in [-0.2, -0.15) is 5.73 Å². The topological polar surface area (TPSA) is 64.0 Å². The van der Waals surface area contributed by atoms with E-state index in [1.54, 1.807) is 0 Å². The zero-order valence-corrected chi connectivity index (χ0v) is 10.4. The smallest absolute Gasteiger partial charge is 0.457 e. The highest BCUT2D eigenvalue weighted by Gasteiger charge is 2.27. The van der Waals surface area contributed by atoms with E-state index in [-0.39, 0.29) is 0 Å². The number of fused-ring (bicyclic) bond motifs is 1. The van der Waals surface area contributed by atoms with Gasteiger partial charge in [0.05, 0.1) is 6.61 Å². The molecule has 2 aromatic rings. The molecule has 1 aliphatic rings. The van der Waals surface area contributed by atoms with Gasteiger partial charge in [-0.1, -0.05) is 6.07 Å². The second-order valence-electron chi connectivity index (χ2n) is 4.47. The van der Waals surface area contributed by atoms with Crippen LogP contribution < -0.4 is 15.9 Å². The van der Waals surface area contributed by atoms with E-state index >= 15 is 0 Å². The molecule has 0 atom stereocenters. The first kappa shape index (κ1) is 12.2. The maximum atomic E-state index is 9.65. The fourth-order valence-electron chi connectivity index (χ4n) is 2.09. The quantitative estimate of drug-likeness (QED) is 0.771. The minimum absolute atomic E-state index is 0.446. The molecular formula is C14H14BNO3+. The molecule has 3 rings (SSSR count). The van der Waals surface area contributed by atoms with Gasteiger partial charge in [0.25, 0.3) is 0 Å². The molecular weight excluding hydrogens is 241 g/mol. The van der Waals surface area contributed by atoms with E-state index in [1.165, 1.54) is 0 Å². The molecule has 3 N–H and O–H groups in total. The van der Waals surface area contributed by atoms with Gasteiger partial charge >= 0.3 is 7.12 Å². The number of ether oxygens (including phenoxy) is 1. The lowest BCUT2D eigenvalue weighted by atomic mass is 9.79. The van der Waals surface area contributed by atoms with E-state index in [4.69, 9.17) is 15.1 Å². The largest absolute Gasteiger partial charge is 0.491 e. The Morgan fingerprint density at radius 1 is 1.16 bits per heavy atom. The lowest BCUT2D eigenvalue weighted by molar-refractivity contribution is -0.386. The minimum Gasteiger partial charge on any atom is -0.457 e. The summed E-state index contributed by atoms with van der Waals surface area (Å²) < 4.78 is 10.9. The Balaban J connectivity index is 1.81. The van der Waals surface area contributed by atoms with Crippen LogP contribution in [-0.4, -0.2) is 12.1 Å². The Hall–Kier alpha value is -1.82. The summed E-state index contributed by atoms with van der Waals surface area (Å²) in [5.41, 5.74) is 8.38. The normalized spacial score (nSPS) is 13.5. The first-order chi connectivity index (χ1) is 9.26. The first-order valence-corrected chi connectivity index (χ1v) is 6.15. The van der Waals surface area contributed by atoms with Crippen LogP contribution in [0.3, 0.4) is 0 Å². The van der Waals surface area contributed by atoms with Gasteiger partial charge in [0.1, 0.15) is 18.0 Å². The van der Waals surface area contributed by atoms with Crippen molar-refractivity contribution in [2.45, 2.75) is 13.2 Å². The van der Waals surface area contributed by atoms with Crippen molar-refractivity contribution in [2.75, 3.05) is 0 Å². The number of rotatable bonds is 3. The van der Waals surface area contributed by atoms with Crippen LogP contribution >= 0.6 is 0 Å². The third-order valence-electron chi connectivity index (χ3n) is 3.17. The van der Waals surface area contributed by atoms with Crippen LogP contribution in [0.1, 0.15) is 11.1 Å². The van der Waals surface area contributed by atoms with Crippen LogP contribution in [0.25, 0.3) is 0 Å². The zero-order chi connectivity index (χ0) is 13.2. The molecule has 1 heterocycles. The van der Waals surface area contributed by atoms with Crippen LogP contribution in [0, 0.1) is 0 Å². The molecule has 19 heavy (non-hydrogen) atoms. The van der Waals surface area contributed by atoms with Crippen molar-refractivity contribution in [2.24, 2.45) is 0 Å². The van der Waals surface area contributed by atoms with E-state index in [2.05, 4.69) is 0 Å². The molecule has 2 aromatic carbocycles. The molecule has 4 nitrogen and oxygen atoms in total. The summed E-state index contributed by atoms with van der Waals surface area (Å²) in [5.74, 6) is 1.43. The van der Waals surface area contributed by atoms with E-state index in [9.17, 15) is 5.02 Å². The van der Waals surface area contributed by atoms with Gasteiger partial charge in [-0.3, -0.25) is 0 Å². The SMILES string of the molecule is [NH2+]Cc1ccc(Oc2ccc3c(c2)B(O)OC3)cc1. The number of hydrogen-bond donors (Lipinski definition) is 2. The lowest BCUT2D eigenvalue weighted by Gasteiger charge is -2.07. The number of hydrogen-bond acceptors (Lipinski definition) is 4. The lowest BCUT2D eigenvalue weighted by Crippen LogP contribution is -2.47. The van der Waals surface area contributed by atoms with Crippen molar-refractivity contribution in [1.82, 2.24) is 0 Å². The molecule has 95 valence electrons. The van der Waals surface area contributed by atoms with Gasteiger partial charge in [0.15, 0.2) is 0 Å². The standard InChI is InChI=1S/C14H14BNO3/c16-8-10-1-4-12(5-2-10)19-13-6-3-11-9-18-15(17)14(11)7-13/h1-7,17H,8-9,16H2/q+1. The van der Waals surface area contributed by atoms with E-state index in [1.807, 2.05) is 42.5 Å². The molecule has 0 saturated heterocycles. The Kier molecular flexibility index (Phi) is 3.25. The van der Waals surface area contributed by atoms with Crippen LogP contribution in [0.5, 0.6) is 11.5 Å². The van der Waals surface area contributed by atoms with Crippen LogP contribution in [0.2, 0.25) is 0 Å². The fourth-order valence-corrected chi connectivity index (χ4v) is 2.09. The molecule has 5 heteroatoms. The predicted octanol–water partition coefficient (Wildman–Crippen LogP) is 0.224. The van der Waals surface area contributed by atoms with Crippen LogP contribution in [0.15, 0.2) is 42.5 Å². The Morgan fingerprint density at radius 2 is 1.89 bits per heavy atom. The van der Waals surface area contributed by atoms with Gasteiger partial charge in [0, 0.05) is 5.56 Å². The van der Waals surface area contributed by atoms with E-state index in [0.29, 0.717) is 18.9 Å². The van der Waals surface area contributed by atoms with E-state index in [0.717, 1.165) is 22.3 Å². The highest BCUT2D eigenvalue weighted by molar-refractivity contribution is 6.61. The molecule has 0 saturated carbocycles. The van der Waals surface area contributed by atoms with Crippen molar-refractivity contribution in [3.8, 4) is 11.5 Å². The average molecular weight is 255 g/mol. The zero-order valence-electron chi connectivity index (χ0n) is 10.4. The van der Waals surface area contributed by atoms with E-state index < -0.39 is 7.12 Å². The molecule has 0 aromatic heterocycles. The minimum atomic E-state index is -0.849. The summed E-state index contributed by atoms with van der Waals surface area (Å²) in [6, 6.07) is 13.2. The molecule has 0 bridgehead atoms. The monoisotopic (exact) mass is 255 g/mol. The Morgan fingerprint density at radius 3 is 2.63 bits per heavy atom. The summed E-state index contributed by atoms with van der Waals surface area (Å²) in [6.45, 7) is 0.963. The number of benzene rings is 2. The highest BCUT2D eigenvalue weighted by atomic mass is 16.5. The maximum Gasteiger partial charge on any atom is 0.491 e. The van der Waals surface area contributed by atoms with Crippen molar-refractivity contribution in [3.63, 3.8) is 0 Å². The Bertz CT molecular complexity index is 586. The second-order valence-corrected chi connectivity index (χ2v) is 4.47. The third kappa shape index (κ3) is 2.49. The fraction of sp³-hybridized carbons (Fsp3) is 0.143. The molecule has 1 aliphatic heterocycles. The third-order valence-corrected chi connectivity index (χ3v) is 3.17. The van der Waals surface area contributed by atoms with Gasteiger partial charge in [0.2, 0.25) is 0 Å². The van der Waals surface area contributed by atoms with Gasteiger partial charge in [-0.15, -0.1) is 0 Å². The summed E-state index contributed by atoms with van der Waals surface area (Å²) in [5, 5.41) is 9.65. The molecule has 0 aliphatic carbocycles. The summed E-state index contributed by atoms with van der Waals surface area (Å²) in [7, 11) is -0.849. The maximum absolute atomic E-state index is 9.65. The van der Waals surface area contributed by atoms with Crippen molar-refractivity contribution < 1.29 is 20.1 Å². The second kappa shape index (κ2) is 5.05. The molecule has 0 amide bonds. The first-order valence-electron chi connectivity index (χ1n) is 6.15. The summed E-state index contributed by atoms with van der Waals surface area (Å²) >= 11 is 0. The predicted molar refractivity (Wildman–Crippen MR) is 71.0 cm³/mol. The van der Waals surface area contributed by atoms with Crippen molar-refractivity contribution in [3.05, 3.63) is 53.6 Å². The van der Waals surface area contributed by atoms with Crippen LogP contribution in [-0.2, 0) is 17.8 Å². The van der Waals surface area contributed by atoms with Gasteiger partial charge in [-0.25, -0.2) is 0 Å². The van der Waals surface area contributed by atoms with Crippen molar-refractivity contribution >= 4 is 12.6 Å². The average Bonchev–Trinajstić information content (AvgIpc) is 2.81. The summed E-state index contributed by atoms with van der Waals surface area (Å²) in [6.07, 6.45) is 0. The summed E-state index contributed by atoms with van der Waals surface area (Å²) in [4.78, 5) is 0. The molecule has 0 spiro atoms. The van der Waals surface area contributed by atoms with Gasteiger partial charge in [-0.05, 0) is 47.4 Å². The molecule has 0 unspecified atom stereocenters. The highest BCUT2D eigenvalue weighted by Crippen LogP contribution is 2.23. The number of nitrogens with two attached hydrogens (primary N) is 1.